The minimum absolute atomic E-state index is 0.0689. The Morgan fingerprint density at radius 2 is 2.00 bits per heavy atom. The van der Waals surface area contributed by atoms with Gasteiger partial charge in [0.05, 0.1) is 0 Å². The van der Waals surface area contributed by atoms with E-state index < -0.39 is 0 Å². The largest absolute Gasteiger partial charge is 0.336 e. The summed E-state index contributed by atoms with van der Waals surface area (Å²) in [5.41, 5.74) is 5.15. The molecule has 84 valence electrons. The van der Waals surface area contributed by atoms with Crippen LogP contribution in [0.5, 0.6) is 0 Å². The molecule has 0 amide bonds. The second-order valence-electron chi connectivity index (χ2n) is 3.91. The van der Waals surface area contributed by atoms with Crippen LogP contribution in [0.1, 0.15) is 23.0 Å². The van der Waals surface area contributed by atoms with Crippen LogP contribution in [0.2, 0.25) is 0 Å². The lowest BCUT2D eigenvalue weighted by Gasteiger charge is -2.16. The van der Waals surface area contributed by atoms with E-state index in [-0.39, 0.29) is 6.04 Å². The van der Waals surface area contributed by atoms with Crippen LogP contribution < -0.4 is 11.3 Å². The van der Waals surface area contributed by atoms with Crippen molar-refractivity contribution in [3.05, 3.63) is 53.6 Å². The summed E-state index contributed by atoms with van der Waals surface area (Å²) in [5.74, 6) is 6.51. The predicted molar refractivity (Wildman–Crippen MR) is 63.6 cm³/mol. The molecule has 0 spiro atoms. The van der Waals surface area contributed by atoms with Gasteiger partial charge in [-0.2, -0.15) is 0 Å². The van der Waals surface area contributed by atoms with E-state index in [1.165, 1.54) is 5.56 Å². The Labute approximate surface area is 95.1 Å². The van der Waals surface area contributed by atoms with Gasteiger partial charge in [-0.05, 0) is 12.5 Å². The second kappa shape index (κ2) is 4.47. The standard InChI is InChI=1S/C12H16N4/c1-9-3-5-10(6-4-9)11(15-13)12-14-7-8-16(12)2/h3-8,11,15H,13H2,1-2H3. The number of benzene rings is 1. The third kappa shape index (κ3) is 1.98. The Bertz CT molecular complexity index is 458. The maximum Gasteiger partial charge on any atom is 0.131 e. The summed E-state index contributed by atoms with van der Waals surface area (Å²) >= 11 is 0. The van der Waals surface area contributed by atoms with Crippen molar-refractivity contribution in [2.24, 2.45) is 12.9 Å². The van der Waals surface area contributed by atoms with Crippen molar-refractivity contribution < 1.29 is 0 Å². The fourth-order valence-electron chi connectivity index (χ4n) is 1.73. The Balaban J connectivity index is 2.37. The fraction of sp³-hybridized carbons (Fsp3) is 0.250. The van der Waals surface area contributed by atoms with E-state index >= 15 is 0 Å². The number of hydrogen-bond acceptors (Lipinski definition) is 3. The number of aryl methyl sites for hydroxylation is 2. The Morgan fingerprint density at radius 3 is 2.50 bits per heavy atom. The topological polar surface area (TPSA) is 55.9 Å². The SMILES string of the molecule is Cc1ccc(C(NN)c2nccn2C)cc1. The molecule has 1 aromatic carbocycles. The van der Waals surface area contributed by atoms with Crippen LogP contribution in [0.15, 0.2) is 36.7 Å². The summed E-state index contributed by atoms with van der Waals surface area (Å²) < 4.78 is 1.96. The van der Waals surface area contributed by atoms with Gasteiger partial charge in [0, 0.05) is 19.4 Å². The molecule has 0 radical (unpaired) electrons. The lowest BCUT2D eigenvalue weighted by atomic mass is 10.1. The molecule has 4 heteroatoms. The monoisotopic (exact) mass is 216 g/mol. The molecular weight excluding hydrogens is 200 g/mol. The number of rotatable bonds is 3. The smallest absolute Gasteiger partial charge is 0.131 e. The van der Waals surface area contributed by atoms with Gasteiger partial charge >= 0.3 is 0 Å². The third-order valence-electron chi connectivity index (χ3n) is 2.69. The lowest BCUT2D eigenvalue weighted by Crippen LogP contribution is -2.30. The van der Waals surface area contributed by atoms with Crippen molar-refractivity contribution in [2.75, 3.05) is 0 Å². The summed E-state index contributed by atoms with van der Waals surface area (Å²) in [5, 5.41) is 0. The molecule has 0 saturated carbocycles. The van der Waals surface area contributed by atoms with Crippen LogP contribution in [0, 0.1) is 6.92 Å². The number of hydrogen-bond donors (Lipinski definition) is 2. The number of hydrazine groups is 1. The Morgan fingerprint density at radius 1 is 1.31 bits per heavy atom. The highest BCUT2D eigenvalue weighted by atomic mass is 15.3. The summed E-state index contributed by atoms with van der Waals surface area (Å²) in [4.78, 5) is 4.31. The quantitative estimate of drug-likeness (QED) is 0.600. The van der Waals surface area contributed by atoms with Crippen LogP contribution in [0.25, 0.3) is 0 Å². The van der Waals surface area contributed by atoms with Crippen LogP contribution in [-0.4, -0.2) is 9.55 Å². The van der Waals surface area contributed by atoms with E-state index in [0.717, 1.165) is 11.4 Å². The fourth-order valence-corrected chi connectivity index (χ4v) is 1.73. The molecule has 4 nitrogen and oxygen atoms in total. The number of imidazole rings is 1. The Hall–Kier alpha value is -1.65. The van der Waals surface area contributed by atoms with Crippen LogP contribution in [0.3, 0.4) is 0 Å². The zero-order chi connectivity index (χ0) is 11.5. The molecule has 0 fully saturated rings. The number of nitrogens with two attached hydrogens (primary N) is 1. The van der Waals surface area contributed by atoms with Gasteiger partial charge in [-0.3, -0.25) is 5.84 Å². The maximum absolute atomic E-state index is 5.60. The highest BCUT2D eigenvalue weighted by Gasteiger charge is 2.15. The zero-order valence-corrected chi connectivity index (χ0v) is 9.51. The molecular formula is C12H16N4. The van der Waals surface area contributed by atoms with E-state index in [1.54, 1.807) is 6.20 Å². The van der Waals surface area contributed by atoms with Gasteiger partial charge in [0.15, 0.2) is 0 Å². The van der Waals surface area contributed by atoms with E-state index in [9.17, 15) is 0 Å². The van der Waals surface area contributed by atoms with Crippen molar-refractivity contribution in [3.63, 3.8) is 0 Å². The van der Waals surface area contributed by atoms with E-state index in [2.05, 4.69) is 41.6 Å². The normalized spacial score (nSPS) is 12.7. The molecule has 2 aromatic rings. The Kier molecular flexibility index (Phi) is 3.03. The highest BCUT2D eigenvalue weighted by molar-refractivity contribution is 5.28. The molecule has 0 bridgehead atoms. The van der Waals surface area contributed by atoms with Crippen molar-refractivity contribution in [3.8, 4) is 0 Å². The molecule has 1 unspecified atom stereocenters. The van der Waals surface area contributed by atoms with Gasteiger partial charge < -0.3 is 4.57 Å². The van der Waals surface area contributed by atoms with Gasteiger partial charge in [0.2, 0.25) is 0 Å². The molecule has 1 heterocycles. The third-order valence-corrected chi connectivity index (χ3v) is 2.69. The molecule has 1 aromatic heterocycles. The lowest BCUT2D eigenvalue weighted by molar-refractivity contribution is 0.580. The van der Waals surface area contributed by atoms with Crippen molar-refractivity contribution in [1.29, 1.82) is 0 Å². The van der Waals surface area contributed by atoms with Gasteiger partial charge in [0.25, 0.3) is 0 Å². The summed E-state index contributed by atoms with van der Waals surface area (Å²) in [6.07, 6.45) is 3.68. The van der Waals surface area contributed by atoms with Gasteiger partial charge in [-0.25, -0.2) is 10.4 Å². The van der Waals surface area contributed by atoms with Gasteiger partial charge in [-0.1, -0.05) is 29.8 Å². The minimum Gasteiger partial charge on any atom is -0.336 e. The summed E-state index contributed by atoms with van der Waals surface area (Å²) in [7, 11) is 1.96. The molecule has 3 N–H and O–H groups in total. The summed E-state index contributed by atoms with van der Waals surface area (Å²) in [6.45, 7) is 2.06. The first-order valence-electron chi connectivity index (χ1n) is 5.22. The zero-order valence-electron chi connectivity index (χ0n) is 9.51. The minimum atomic E-state index is -0.0689. The first-order chi connectivity index (χ1) is 7.72. The average Bonchev–Trinajstić information content (AvgIpc) is 2.69. The number of aromatic nitrogens is 2. The molecule has 2 rings (SSSR count). The average molecular weight is 216 g/mol. The summed E-state index contributed by atoms with van der Waals surface area (Å²) in [6, 6.07) is 8.20. The van der Waals surface area contributed by atoms with Crippen molar-refractivity contribution >= 4 is 0 Å². The first-order valence-corrected chi connectivity index (χ1v) is 5.22. The maximum atomic E-state index is 5.60. The van der Waals surface area contributed by atoms with E-state index in [0.29, 0.717) is 0 Å². The second-order valence-corrected chi connectivity index (χ2v) is 3.91. The highest BCUT2D eigenvalue weighted by Crippen LogP contribution is 2.19. The van der Waals surface area contributed by atoms with E-state index in [1.807, 2.05) is 17.8 Å². The van der Waals surface area contributed by atoms with Crippen LogP contribution in [-0.2, 0) is 7.05 Å². The first kappa shape index (κ1) is 10.9. The van der Waals surface area contributed by atoms with Crippen LogP contribution in [0.4, 0.5) is 0 Å². The van der Waals surface area contributed by atoms with Crippen molar-refractivity contribution in [2.45, 2.75) is 13.0 Å². The number of nitrogens with zero attached hydrogens (tertiary/aromatic N) is 2. The molecule has 0 aliphatic rings. The predicted octanol–water partition coefficient (Wildman–Crippen LogP) is 1.28. The molecule has 0 saturated heterocycles. The number of nitrogens with one attached hydrogen (secondary N) is 1. The van der Waals surface area contributed by atoms with E-state index in [4.69, 9.17) is 5.84 Å². The molecule has 0 aliphatic carbocycles. The molecule has 16 heavy (non-hydrogen) atoms. The molecule has 0 aliphatic heterocycles. The van der Waals surface area contributed by atoms with Crippen LogP contribution >= 0.6 is 0 Å². The van der Waals surface area contributed by atoms with Gasteiger partial charge in [-0.15, -0.1) is 0 Å². The molecule has 1 atom stereocenters. The van der Waals surface area contributed by atoms with Gasteiger partial charge in [0.1, 0.15) is 11.9 Å². The van der Waals surface area contributed by atoms with Crippen molar-refractivity contribution in [1.82, 2.24) is 15.0 Å².